The average Bonchev–Trinajstić information content (AvgIpc) is 2.57. The Labute approximate surface area is 174 Å². The van der Waals surface area contributed by atoms with Crippen molar-refractivity contribution in [2.75, 3.05) is 5.32 Å². The fourth-order valence-corrected chi connectivity index (χ4v) is 4.25. The van der Waals surface area contributed by atoms with Gasteiger partial charge >= 0.3 is 11.9 Å². The number of sulfonamides is 1. The molecule has 2 aromatic carbocycles. The SMILES string of the molecule is Cc1cc(NC(=O)C(=O)O)cc(C)c1Oc1ccc(O)c(S(=O)(=O)NC(C)(C)C)c1. The molecule has 10 heteroatoms. The van der Waals surface area contributed by atoms with Crippen molar-refractivity contribution in [3.8, 4) is 17.2 Å². The minimum atomic E-state index is -4.00. The topological polar surface area (TPSA) is 142 Å². The lowest BCUT2D eigenvalue weighted by Gasteiger charge is -2.21. The fraction of sp³-hybridized carbons (Fsp3) is 0.300. The van der Waals surface area contributed by atoms with Crippen LogP contribution in [0.3, 0.4) is 0 Å². The number of nitrogens with one attached hydrogen (secondary N) is 2. The molecule has 9 nitrogen and oxygen atoms in total. The van der Waals surface area contributed by atoms with Crippen LogP contribution in [0.5, 0.6) is 17.2 Å². The van der Waals surface area contributed by atoms with Crippen molar-refractivity contribution < 1.29 is 33.0 Å². The molecule has 0 unspecified atom stereocenters. The van der Waals surface area contributed by atoms with Crippen LogP contribution in [-0.2, 0) is 19.6 Å². The number of phenolic OH excluding ortho intramolecular Hbond substituents is 1. The number of phenols is 1. The van der Waals surface area contributed by atoms with Gasteiger partial charge in [-0.15, -0.1) is 0 Å². The van der Waals surface area contributed by atoms with Gasteiger partial charge in [0.1, 0.15) is 22.1 Å². The summed E-state index contributed by atoms with van der Waals surface area (Å²) in [6.45, 7) is 8.42. The maximum absolute atomic E-state index is 12.6. The zero-order chi connectivity index (χ0) is 22.9. The maximum atomic E-state index is 12.6. The summed E-state index contributed by atoms with van der Waals surface area (Å²) in [6.07, 6.45) is 0. The minimum Gasteiger partial charge on any atom is -0.507 e. The zero-order valence-corrected chi connectivity index (χ0v) is 18.0. The highest BCUT2D eigenvalue weighted by Gasteiger charge is 2.25. The van der Waals surface area contributed by atoms with Gasteiger partial charge in [0.25, 0.3) is 0 Å². The Morgan fingerprint density at radius 1 is 1.03 bits per heavy atom. The van der Waals surface area contributed by atoms with Crippen molar-refractivity contribution in [3.63, 3.8) is 0 Å². The van der Waals surface area contributed by atoms with Crippen molar-refractivity contribution >= 4 is 27.6 Å². The smallest absolute Gasteiger partial charge is 0.394 e. The van der Waals surface area contributed by atoms with E-state index in [2.05, 4.69) is 10.0 Å². The van der Waals surface area contributed by atoms with Gasteiger partial charge in [0.2, 0.25) is 10.0 Å². The van der Waals surface area contributed by atoms with E-state index in [1.807, 2.05) is 0 Å². The summed E-state index contributed by atoms with van der Waals surface area (Å²) in [5.41, 5.74) is 0.709. The van der Waals surface area contributed by atoms with Crippen LogP contribution in [0.25, 0.3) is 0 Å². The van der Waals surface area contributed by atoms with Crippen molar-refractivity contribution in [1.29, 1.82) is 0 Å². The highest BCUT2D eigenvalue weighted by atomic mass is 32.2. The van der Waals surface area contributed by atoms with Gasteiger partial charge in [-0.25, -0.2) is 17.9 Å². The number of anilines is 1. The Morgan fingerprint density at radius 3 is 2.10 bits per heavy atom. The third kappa shape index (κ3) is 5.71. The van der Waals surface area contributed by atoms with E-state index in [1.54, 1.807) is 34.6 Å². The molecule has 2 aromatic rings. The van der Waals surface area contributed by atoms with Gasteiger partial charge in [-0.1, -0.05) is 0 Å². The molecule has 0 aromatic heterocycles. The number of ether oxygens (including phenoxy) is 1. The number of rotatable bonds is 5. The summed E-state index contributed by atoms with van der Waals surface area (Å²) in [6, 6.07) is 6.91. The molecule has 0 fully saturated rings. The van der Waals surface area contributed by atoms with E-state index in [0.29, 0.717) is 16.9 Å². The first-order valence-electron chi connectivity index (χ1n) is 8.90. The van der Waals surface area contributed by atoms with E-state index >= 15 is 0 Å². The van der Waals surface area contributed by atoms with Gasteiger partial charge in [0, 0.05) is 17.3 Å². The lowest BCUT2D eigenvalue weighted by Crippen LogP contribution is -2.40. The van der Waals surface area contributed by atoms with E-state index in [4.69, 9.17) is 9.84 Å². The lowest BCUT2D eigenvalue weighted by molar-refractivity contribution is -0.147. The molecule has 0 aliphatic carbocycles. The second-order valence-electron chi connectivity index (χ2n) is 7.79. The third-order valence-electron chi connectivity index (χ3n) is 3.79. The van der Waals surface area contributed by atoms with Crippen LogP contribution in [-0.4, -0.2) is 36.0 Å². The maximum Gasteiger partial charge on any atom is 0.394 e. The van der Waals surface area contributed by atoms with Crippen LogP contribution in [0.2, 0.25) is 0 Å². The first-order valence-corrected chi connectivity index (χ1v) is 10.4. The molecule has 2 rings (SSSR count). The van der Waals surface area contributed by atoms with Gasteiger partial charge in [-0.2, -0.15) is 0 Å². The summed E-state index contributed by atoms with van der Waals surface area (Å²) in [5.74, 6) is -2.61. The molecule has 0 heterocycles. The lowest BCUT2D eigenvalue weighted by atomic mass is 10.1. The van der Waals surface area contributed by atoms with Crippen LogP contribution in [0.4, 0.5) is 5.69 Å². The second kappa shape index (κ2) is 8.33. The van der Waals surface area contributed by atoms with E-state index in [9.17, 15) is 23.1 Å². The molecule has 0 bridgehead atoms. The number of aliphatic carboxylic acids is 1. The number of amides is 1. The van der Waals surface area contributed by atoms with Crippen molar-refractivity contribution in [2.24, 2.45) is 0 Å². The number of carbonyl (C=O) groups excluding carboxylic acids is 1. The summed E-state index contributed by atoms with van der Waals surface area (Å²) in [4.78, 5) is 21.7. The zero-order valence-electron chi connectivity index (χ0n) is 17.2. The van der Waals surface area contributed by atoms with Crippen molar-refractivity contribution in [3.05, 3.63) is 41.5 Å². The number of carboxylic acids is 1. The molecule has 4 N–H and O–H groups in total. The highest BCUT2D eigenvalue weighted by Crippen LogP contribution is 2.34. The average molecular weight is 436 g/mol. The number of benzene rings is 2. The molecule has 0 saturated carbocycles. The summed E-state index contributed by atoms with van der Waals surface area (Å²) < 4.78 is 33.5. The van der Waals surface area contributed by atoms with E-state index in [1.165, 1.54) is 30.3 Å². The monoisotopic (exact) mass is 436 g/mol. The summed E-state index contributed by atoms with van der Waals surface area (Å²) in [7, 11) is -4.00. The first-order chi connectivity index (χ1) is 13.7. The normalized spacial score (nSPS) is 11.8. The molecule has 0 radical (unpaired) electrons. The molecule has 0 saturated heterocycles. The highest BCUT2D eigenvalue weighted by molar-refractivity contribution is 7.89. The van der Waals surface area contributed by atoms with Crippen LogP contribution in [0.15, 0.2) is 35.2 Å². The van der Waals surface area contributed by atoms with Crippen LogP contribution >= 0.6 is 0 Å². The van der Waals surface area contributed by atoms with Crippen LogP contribution in [0, 0.1) is 13.8 Å². The van der Waals surface area contributed by atoms with E-state index in [-0.39, 0.29) is 16.3 Å². The molecule has 0 spiro atoms. The largest absolute Gasteiger partial charge is 0.507 e. The first kappa shape index (κ1) is 23.2. The van der Waals surface area contributed by atoms with Gasteiger partial charge in [-0.3, -0.25) is 4.79 Å². The Bertz CT molecular complexity index is 1080. The molecule has 0 aliphatic heterocycles. The second-order valence-corrected chi connectivity index (χ2v) is 9.44. The van der Waals surface area contributed by atoms with Gasteiger partial charge in [0.05, 0.1) is 0 Å². The molecule has 30 heavy (non-hydrogen) atoms. The molecule has 162 valence electrons. The summed E-state index contributed by atoms with van der Waals surface area (Å²) in [5, 5.41) is 21.0. The van der Waals surface area contributed by atoms with Crippen molar-refractivity contribution in [2.45, 2.75) is 45.1 Å². The number of aryl methyl sites for hydroxylation is 2. The standard InChI is InChI=1S/C20H24N2O7S/c1-11-8-13(21-18(24)19(25)26)9-12(2)17(11)29-14-6-7-15(23)16(10-14)30(27,28)22-20(3,4)5/h6-10,22-23H,1-5H3,(H,21,24)(H,25,26). The van der Waals surface area contributed by atoms with E-state index in [0.717, 1.165) is 0 Å². The number of hydrogen-bond donors (Lipinski definition) is 4. The van der Waals surface area contributed by atoms with Crippen molar-refractivity contribution in [1.82, 2.24) is 4.72 Å². The number of carboxylic acid groups (broad SMARTS) is 1. The predicted octanol–water partition coefficient (Wildman–Crippen LogP) is 2.90. The Kier molecular flexibility index (Phi) is 6.43. The molecular weight excluding hydrogens is 412 g/mol. The number of hydrogen-bond acceptors (Lipinski definition) is 6. The predicted molar refractivity (Wildman–Crippen MR) is 110 cm³/mol. The Balaban J connectivity index is 2.37. The Hall–Kier alpha value is -3.11. The van der Waals surface area contributed by atoms with Gasteiger partial charge < -0.3 is 20.3 Å². The summed E-state index contributed by atoms with van der Waals surface area (Å²) >= 11 is 0. The third-order valence-corrected chi connectivity index (χ3v) is 5.58. The minimum absolute atomic E-state index is 0.176. The van der Waals surface area contributed by atoms with Gasteiger partial charge in [-0.05, 0) is 70.0 Å². The molecule has 0 atom stereocenters. The molecule has 0 aliphatic rings. The number of aromatic hydroxyl groups is 1. The van der Waals surface area contributed by atoms with Crippen LogP contribution < -0.4 is 14.8 Å². The van der Waals surface area contributed by atoms with E-state index < -0.39 is 33.2 Å². The molecule has 1 amide bonds. The van der Waals surface area contributed by atoms with Crippen LogP contribution in [0.1, 0.15) is 31.9 Å². The quantitative estimate of drug-likeness (QED) is 0.528. The Morgan fingerprint density at radius 2 is 1.60 bits per heavy atom. The fourth-order valence-electron chi connectivity index (χ4n) is 2.72. The molecular formula is C20H24N2O7S. The van der Waals surface area contributed by atoms with Gasteiger partial charge in [0.15, 0.2) is 0 Å². The number of carbonyl (C=O) groups is 2.